The zero-order chi connectivity index (χ0) is 32.9. The van der Waals surface area contributed by atoms with E-state index in [-0.39, 0.29) is 35.1 Å². The number of halogens is 2. The van der Waals surface area contributed by atoms with Gasteiger partial charge in [0.25, 0.3) is 5.91 Å². The van der Waals surface area contributed by atoms with Crippen LogP contribution in [0.1, 0.15) is 40.5 Å². The number of amides is 2. The number of carbonyl (C=O) groups excluding carboxylic acids is 3. The number of hydrogen-bond acceptors (Lipinski definition) is 6. The Kier molecular flexibility index (Phi) is 12.6. The molecule has 0 aliphatic carbocycles. The predicted octanol–water partition coefficient (Wildman–Crippen LogP) is 4.88. The first kappa shape index (κ1) is 34.3. The van der Waals surface area contributed by atoms with Crippen LogP contribution >= 0.6 is 0 Å². The lowest BCUT2D eigenvalue weighted by molar-refractivity contribution is -0.134. The van der Waals surface area contributed by atoms with E-state index in [1.54, 1.807) is 41.3 Å². The first-order valence-electron chi connectivity index (χ1n) is 14.0. The van der Waals surface area contributed by atoms with Gasteiger partial charge in [-0.05, 0) is 98.7 Å². The van der Waals surface area contributed by atoms with Gasteiger partial charge in [0.2, 0.25) is 5.91 Å². The van der Waals surface area contributed by atoms with Crippen molar-refractivity contribution in [2.24, 2.45) is 5.92 Å². The molecule has 3 aromatic rings. The first-order chi connectivity index (χ1) is 21.4. The quantitative estimate of drug-likeness (QED) is 0.215. The fourth-order valence-electron chi connectivity index (χ4n) is 4.68. The van der Waals surface area contributed by atoms with Crippen molar-refractivity contribution in [1.29, 1.82) is 0 Å². The van der Waals surface area contributed by atoms with Crippen LogP contribution in [0.5, 0.6) is 0 Å². The second kappa shape index (κ2) is 16.6. The molecule has 12 heteroatoms. The molecule has 10 nitrogen and oxygen atoms in total. The van der Waals surface area contributed by atoms with Crippen LogP contribution in [0.4, 0.5) is 20.2 Å². The normalized spacial score (nSPS) is 13.4. The molecule has 1 heterocycles. The van der Waals surface area contributed by atoms with Gasteiger partial charge in [0.1, 0.15) is 11.6 Å². The third-order valence-corrected chi connectivity index (χ3v) is 6.93. The predicted molar refractivity (Wildman–Crippen MR) is 163 cm³/mol. The monoisotopic (exact) mass is 621 g/mol. The van der Waals surface area contributed by atoms with E-state index in [0.717, 1.165) is 0 Å². The molecule has 1 fully saturated rings. The zero-order valence-corrected chi connectivity index (χ0v) is 24.5. The van der Waals surface area contributed by atoms with Gasteiger partial charge in [0, 0.05) is 60.6 Å². The van der Waals surface area contributed by atoms with E-state index in [9.17, 15) is 32.8 Å². The van der Waals surface area contributed by atoms with Gasteiger partial charge >= 0.3 is 11.9 Å². The number of nitrogens with one attached hydrogen (secondary N) is 1. The summed E-state index contributed by atoms with van der Waals surface area (Å²) in [6.45, 7) is 3.79. The maximum Gasteiger partial charge on any atom is 0.328 e. The van der Waals surface area contributed by atoms with Crippen molar-refractivity contribution in [3.63, 3.8) is 0 Å². The minimum absolute atomic E-state index is 0.0328. The molecular weight excluding hydrogens is 588 g/mol. The molecule has 1 aliphatic rings. The maximum atomic E-state index is 13.6. The number of carboxylic acids is 2. The summed E-state index contributed by atoms with van der Waals surface area (Å²) < 4.78 is 26.7. The fourth-order valence-corrected chi connectivity index (χ4v) is 4.68. The van der Waals surface area contributed by atoms with Crippen molar-refractivity contribution in [2.45, 2.75) is 19.8 Å². The van der Waals surface area contributed by atoms with Crippen molar-refractivity contribution in [3.8, 4) is 0 Å². The van der Waals surface area contributed by atoms with Gasteiger partial charge in [0.15, 0.2) is 5.78 Å². The Balaban J connectivity index is 0.000000610. The lowest BCUT2D eigenvalue weighted by Gasteiger charge is -2.33. The summed E-state index contributed by atoms with van der Waals surface area (Å²) in [4.78, 5) is 60.4. The summed E-state index contributed by atoms with van der Waals surface area (Å²) in [5, 5.41) is 18.3. The van der Waals surface area contributed by atoms with E-state index in [1.165, 1.54) is 43.3 Å². The summed E-state index contributed by atoms with van der Waals surface area (Å²) >= 11 is 0. The van der Waals surface area contributed by atoms with Crippen LogP contribution in [0.25, 0.3) is 0 Å². The average molecular weight is 622 g/mol. The zero-order valence-electron chi connectivity index (χ0n) is 24.5. The number of rotatable bonds is 10. The summed E-state index contributed by atoms with van der Waals surface area (Å²) in [5.41, 5.74) is 2.15. The Morgan fingerprint density at radius 2 is 1.29 bits per heavy atom. The molecule has 1 saturated heterocycles. The Morgan fingerprint density at radius 1 is 0.800 bits per heavy atom. The van der Waals surface area contributed by atoms with Crippen LogP contribution in [0.2, 0.25) is 0 Å². The van der Waals surface area contributed by atoms with Gasteiger partial charge < -0.3 is 25.3 Å². The lowest BCUT2D eigenvalue weighted by atomic mass is 9.89. The largest absolute Gasteiger partial charge is 0.478 e. The SMILES string of the molecule is CC(=O)Nc1ccc(C(=O)N(CCN2CCC(C(=O)c3ccc(F)cc3)CC2)c2ccc(F)cc2)cc1.O=C(O)C=CC(=O)O. The number of likely N-dealkylation sites (tertiary alicyclic amines) is 1. The summed E-state index contributed by atoms with van der Waals surface area (Å²) in [7, 11) is 0. The van der Waals surface area contributed by atoms with E-state index < -0.39 is 11.9 Å². The van der Waals surface area contributed by atoms with Crippen LogP contribution in [-0.2, 0) is 14.4 Å². The molecule has 0 spiro atoms. The third kappa shape index (κ3) is 11.1. The molecule has 0 unspecified atom stereocenters. The van der Waals surface area contributed by atoms with Crippen molar-refractivity contribution < 1.29 is 43.0 Å². The van der Waals surface area contributed by atoms with Crippen LogP contribution in [0.3, 0.4) is 0 Å². The molecule has 2 amide bonds. The van der Waals surface area contributed by atoms with E-state index >= 15 is 0 Å². The van der Waals surface area contributed by atoms with Gasteiger partial charge in [0.05, 0.1) is 0 Å². The number of benzene rings is 3. The lowest BCUT2D eigenvalue weighted by Crippen LogP contribution is -2.42. The number of ketones is 1. The minimum Gasteiger partial charge on any atom is -0.478 e. The highest BCUT2D eigenvalue weighted by Crippen LogP contribution is 2.23. The minimum atomic E-state index is -1.26. The van der Waals surface area contributed by atoms with Crippen LogP contribution < -0.4 is 10.2 Å². The van der Waals surface area contributed by atoms with Crippen LogP contribution in [0.15, 0.2) is 84.9 Å². The third-order valence-electron chi connectivity index (χ3n) is 6.93. The number of carboxylic acid groups (broad SMARTS) is 2. The van der Waals surface area contributed by atoms with Crippen molar-refractivity contribution in [2.75, 3.05) is 36.4 Å². The number of anilines is 2. The highest BCUT2D eigenvalue weighted by Gasteiger charge is 2.27. The molecular formula is C33H33F2N3O7. The Hall–Kier alpha value is -5.23. The van der Waals surface area contributed by atoms with E-state index in [2.05, 4.69) is 10.2 Å². The first-order valence-corrected chi connectivity index (χ1v) is 14.0. The number of piperidine rings is 1. The van der Waals surface area contributed by atoms with Crippen LogP contribution in [-0.4, -0.2) is 70.8 Å². The molecule has 0 radical (unpaired) electrons. The second-order valence-electron chi connectivity index (χ2n) is 10.2. The number of aliphatic carboxylic acids is 2. The van der Waals surface area contributed by atoms with Crippen molar-refractivity contribution in [1.82, 2.24) is 4.90 Å². The van der Waals surface area contributed by atoms with Gasteiger partial charge in [-0.25, -0.2) is 18.4 Å². The Bertz CT molecular complexity index is 1500. The second-order valence-corrected chi connectivity index (χ2v) is 10.2. The van der Waals surface area contributed by atoms with E-state index in [4.69, 9.17) is 10.2 Å². The van der Waals surface area contributed by atoms with Gasteiger partial charge in [-0.1, -0.05) is 0 Å². The van der Waals surface area contributed by atoms with Crippen molar-refractivity contribution >= 4 is 40.9 Å². The van der Waals surface area contributed by atoms with Gasteiger partial charge in [-0.3, -0.25) is 14.4 Å². The smallest absolute Gasteiger partial charge is 0.328 e. The number of carbonyl (C=O) groups is 5. The maximum absolute atomic E-state index is 13.6. The fraction of sp³-hybridized carbons (Fsp3) is 0.242. The van der Waals surface area contributed by atoms with Gasteiger partial charge in [-0.15, -0.1) is 0 Å². The average Bonchev–Trinajstić information content (AvgIpc) is 3.01. The molecule has 0 saturated carbocycles. The molecule has 45 heavy (non-hydrogen) atoms. The van der Waals surface area contributed by atoms with E-state index in [1.807, 2.05) is 0 Å². The molecule has 236 valence electrons. The molecule has 3 N–H and O–H groups in total. The summed E-state index contributed by atoms with van der Waals surface area (Å²) in [6.07, 6.45) is 2.49. The number of Topliss-reactive ketones (excluding diaryl/α,β-unsaturated/α-hetero) is 1. The molecule has 1 aliphatic heterocycles. The standard InChI is InChI=1S/C29H29F2N3O3.C4H4O4/c1-20(35)32-26-10-4-23(5-11-26)29(37)34(27-12-8-25(31)9-13-27)19-18-33-16-14-22(15-17-33)28(36)21-2-6-24(30)7-3-21;5-3(6)1-2-4(7)8/h2-13,22H,14-19H2,1H3,(H,32,35);1-2H,(H,5,6)(H,7,8). The number of nitrogens with zero attached hydrogens (tertiary/aromatic N) is 2. The molecule has 0 aromatic heterocycles. The topological polar surface area (TPSA) is 144 Å². The highest BCUT2D eigenvalue weighted by atomic mass is 19.1. The number of hydrogen-bond donors (Lipinski definition) is 3. The Morgan fingerprint density at radius 3 is 1.78 bits per heavy atom. The molecule has 0 atom stereocenters. The molecule has 4 rings (SSSR count). The summed E-state index contributed by atoms with van der Waals surface area (Å²) in [6, 6.07) is 18.1. The van der Waals surface area contributed by atoms with Crippen molar-refractivity contribution in [3.05, 3.63) is 108 Å². The highest BCUT2D eigenvalue weighted by molar-refractivity contribution is 6.06. The van der Waals surface area contributed by atoms with E-state index in [0.29, 0.717) is 73.7 Å². The molecule has 0 bridgehead atoms. The van der Waals surface area contributed by atoms with Crippen LogP contribution in [0, 0.1) is 17.6 Å². The van der Waals surface area contributed by atoms with Gasteiger partial charge in [-0.2, -0.15) is 0 Å². The molecule has 3 aromatic carbocycles. The Labute approximate surface area is 258 Å². The summed E-state index contributed by atoms with van der Waals surface area (Å²) in [5.74, 6) is -3.78.